The average molecular weight is 428 g/mol. The summed E-state index contributed by atoms with van der Waals surface area (Å²) in [6.45, 7) is 5.50. The van der Waals surface area contributed by atoms with Crippen molar-refractivity contribution >= 4 is 62.8 Å². The zero-order valence-electron chi connectivity index (χ0n) is 11.1. The Morgan fingerprint density at radius 1 is 1.40 bits per heavy atom. The fraction of sp³-hybridized carbons (Fsp3) is 0.417. The van der Waals surface area contributed by atoms with Crippen molar-refractivity contribution in [3.63, 3.8) is 0 Å². The Hall–Kier alpha value is -0.600. The zero-order chi connectivity index (χ0) is 15.1. The summed E-state index contributed by atoms with van der Waals surface area (Å²) < 4.78 is 7.80. The zero-order valence-corrected chi connectivity index (χ0v) is 14.7. The van der Waals surface area contributed by atoms with Crippen LogP contribution in [0.2, 0.25) is 10.4 Å². The highest BCUT2D eigenvalue weighted by Gasteiger charge is 2.19. The molecule has 0 spiro atoms. The van der Waals surface area contributed by atoms with Gasteiger partial charge in [0.2, 0.25) is 5.28 Å². The Morgan fingerprint density at radius 3 is 2.65 bits per heavy atom. The first-order valence-corrected chi connectivity index (χ1v) is 7.60. The fourth-order valence-corrected chi connectivity index (χ4v) is 3.17. The molecule has 2 aromatic rings. The van der Waals surface area contributed by atoms with Crippen molar-refractivity contribution in [2.75, 3.05) is 0 Å². The highest BCUT2D eigenvalue weighted by atomic mass is 127. The number of rotatable bonds is 2. The molecule has 0 N–H and O–H groups in total. The summed E-state index contributed by atoms with van der Waals surface area (Å²) in [6.07, 6.45) is 1.77. The number of hydrogen-bond donors (Lipinski definition) is 0. The molecule has 0 saturated heterocycles. The molecule has 0 saturated carbocycles. The van der Waals surface area contributed by atoms with Gasteiger partial charge in [-0.05, 0) is 55.0 Å². The number of halogens is 3. The van der Waals surface area contributed by atoms with E-state index >= 15 is 0 Å². The SMILES string of the molecule is CC(C)(C)OC(=O)Cn1cc(I)c2c(Cl)nc(Cl)nc21. The molecule has 0 aliphatic heterocycles. The minimum Gasteiger partial charge on any atom is -0.459 e. The second-order valence-electron chi connectivity index (χ2n) is 5.17. The third-order valence-electron chi connectivity index (χ3n) is 2.32. The van der Waals surface area contributed by atoms with Crippen molar-refractivity contribution in [1.29, 1.82) is 0 Å². The second-order valence-corrected chi connectivity index (χ2v) is 7.03. The van der Waals surface area contributed by atoms with Crippen molar-refractivity contribution in [3.05, 3.63) is 20.2 Å². The molecule has 2 rings (SSSR count). The molecule has 0 aliphatic carbocycles. The van der Waals surface area contributed by atoms with E-state index in [1.54, 1.807) is 10.8 Å². The first kappa shape index (κ1) is 15.8. The van der Waals surface area contributed by atoms with Gasteiger partial charge in [-0.1, -0.05) is 11.6 Å². The third-order valence-corrected chi connectivity index (χ3v) is 3.58. The van der Waals surface area contributed by atoms with Crippen LogP contribution in [0.15, 0.2) is 6.20 Å². The summed E-state index contributed by atoms with van der Waals surface area (Å²) in [5.41, 5.74) is -0.0115. The molecule has 0 aromatic carbocycles. The van der Waals surface area contributed by atoms with Crippen LogP contribution in [-0.2, 0) is 16.1 Å². The molecule has 0 fully saturated rings. The Bertz CT molecular complexity index is 679. The Kier molecular flexibility index (Phi) is 4.46. The lowest BCUT2D eigenvalue weighted by Gasteiger charge is -2.19. The molecule has 0 atom stereocenters. The molecule has 0 amide bonds. The molecule has 5 nitrogen and oxygen atoms in total. The van der Waals surface area contributed by atoms with Gasteiger partial charge in [-0.25, -0.2) is 4.98 Å². The van der Waals surface area contributed by atoms with E-state index in [4.69, 9.17) is 27.9 Å². The molecule has 0 bridgehead atoms. The molecule has 0 unspecified atom stereocenters. The second kappa shape index (κ2) is 5.65. The van der Waals surface area contributed by atoms with E-state index in [1.165, 1.54) is 0 Å². The predicted octanol–water partition coefficient (Wildman–Crippen LogP) is 3.68. The highest BCUT2D eigenvalue weighted by molar-refractivity contribution is 14.1. The Labute approximate surface area is 139 Å². The van der Waals surface area contributed by atoms with Crippen molar-refractivity contribution in [2.24, 2.45) is 0 Å². The maximum atomic E-state index is 11.9. The van der Waals surface area contributed by atoms with E-state index in [9.17, 15) is 4.79 Å². The number of fused-ring (bicyclic) bond motifs is 1. The van der Waals surface area contributed by atoms with Gasteiger partial charge >= 0.3 is 5.97 Å². The largest absolute Gasteiger partial charge is 0.459 e. The summed E-state index contributed by atoms with van der Waals surface area (Å²) in [6, 6.07) is 0. The summed E-state index contributed by atoms with van der Waals surface area (Å²) in [5.74, 6) is -0.350. The number of ether oxygens (including phenoxy) is 1. The first-order chi connectivity index (χ1) is 9.17. The first-order valence-electron chi connectivity index (χ1n) is 5.76. The molecule has 20 heavy (non-hydrogen) atoms. The number of carbonyl (C=O) groups excluding carboxylic acids is 1. The van der Waals surface area contributed by atoms with Crippen molar-refractivity contribution in [3.8, 4) is 0 Å². The molecule has 8 heteroatoms. The van der Waals surface area contributed by atoms with Crippen LogP contribution in [0.4, 0.5) is 0 Å². The predicted molar refractivity (Wildman–Crippen MR) is 86.1 cm³/mol. The van der Waals surface area contributed by atoms with Gasteiger partial charge in [0.1, 0.15) is 22.9 Å². The minimum absolute atomic E-state index is 0.0421. The normalized spacial score (nSPS) is 11.9. The lowest BCUT2D eigenvalue weighted by molar-refractivity contribution is -0.155. The molecular formula is C12H12Cl2IN3O2. The van der Waals surface area contributed by atoms with Crippen LogP contribution in [0.3, 0.4) is 0 Å². The van der Waals surface area contributed by atoms with Crippen LogP contribution in [0.1, 0.15) is 20.8 Å². The van der Waals surface area contributed by atoms with Crippen LogP contribution in [-0.4, -0.2) is 26.1 Å². The molecule has 108 valence electrons. The van der Waals surface area contributed by atoms with Crippen LogP contribution in [0, 0.1) is 3.57 Å². The third kappa shape index (κ3) is 3.53. The maximum absolute atomic E-state index is 11.9. The Morgan fingerprint density at radius 2 is 2.05 bits per heavy atom. The number of esters is 1. The van der Waals surface area contributed by atoms with Crippen LogP contribution in [0.5, 0.6) is 0 Å². The number of nitrogens with zero attached hydrogens (tertiary/aromatic N) is 3. The van der Waals surface area contributed by atoms with E-state index in [0.29, 0.717) is 11.0 Å². The van der Waals surface area contributed by atoms with Gasteiger partial charge < -0.3 is 9.30 Å². The maximum Gasteiger partial charge on any atom is 0.326 e. The van der Waals surface area contributed by atoms with Crippen molar-refractivity contribution in [1.82, 2.24) is 14.5 Å². The van der Waals surface area contributed by atoms with E-state index in [2.05, 4.69) is 32.6 Å². The fourth-order valence-electron chi connectivity index (χ4n) is 1.71. The monoisotopic (exact) mass is 427 g/mol. The van der Waals surface area contributed by atoms with Crippen molar-refractivity contribution in [2.45, 2.75) is 32.9 Å². The smallest absolute Gasteiger partial charge is 0.326 e. The van der Waals surface area contributed by atoms with Crippen molar-refractivity contribution < 1.29 is 9.53 Å². The quantitative estimate of drug-likeness (QED) is 0.317. The molecule has 2 aromatic heterocycles. The Balaban J connectivity index is 2.39. The van der Waals surface area contributed by atoms with Gasteiger partial charge in [0.15, 0.2) is 0 Å². The molecular weight excluding hydrogens is 416 g/mol. The van der Waals surface area contributed by atoms with E-state index < -0.39 is 5.60 Å². The van der Waals surface area contributed by atoms with Gasteiger partial charge in [-0.15, -0.1) is 0 Å². The summed E-state index contributed by atoms with van der Waals surface area (Å²) >= 11 is 14.0. The summed E-state index contributed by atoms with van der Waals surface area (Å²) in [4.78, 5) is 19.9. The van der Waals surface area contributed by atoms with Gasteiger partial charge in [0.25, 0.3) is 0 Å². The van der Waals surface area contributed by atoms with Crippen LogP contribution < -0.4 is 0 Å². The van der Waals surface area contributed by atoms with E-state index in [0.717, 1.165) is 3.57 Å². The van der Waals surface area contributed by atoms with Gasteiger partial charge in [-0.3, -0.25) is 4.79 Å². The lowest BCUT2D eigenvalue weighted by atomic mass is 10.2. The van der Waals surface area contributed by atoms with Crippen LogP contribution >= 0.6 is 45.8 Å². The van der Waals surface area contributed by atoms with Crippen LogP contribution in [0.25, 0.3) is 11.0 Å². The number of carbonyl (C=O) groups is 1. The molecule has 0 radical (unpaired) electrons. The van der Waals surface area contributed by atoms with E-state index in [-0.39, 0.29) is 23.0 Å². The number of aromatic nitrogens is 3. The number of hydrogen-bond acceptors (Lipinski definition) is 4. The lowest BCUT2D eigenvalue weighted by Crippen LogP contribution is -2.26. The average Bonchev–Trinajstić information content (AvgIpc) is 2.52. The summed E-state index contributed by atoms with van der Waals surface area (Å²) in [7, 11) is 0. The van der Waals surface area contributed by atoms with Gasteiger partial charge in [0.05, 0.1) is 5.39 Å². The van der Waals surface area contributed by atoms with Gasteiger partial charge in [0, 0.05) is 9.77 Å². The molecule has 2 heterocycles. The standard InChI is InChI=1S/C12H12Cl2IN3O2/c1-12(2,3)20-7(19)5-18-4-6(15)8-9(13)16-11(14)17-10(8)18/h4H,5H2,1-3H3. The van der Waals surface area contributed by atoms with E-state index in [1.807, 2.05) is 20.8 Å². The highest BCUT2D eigenvalue weighted by Crippen LogP contribution is 2.28. The molecule has 0 aliphatic rings. The topological polar surface area (TPSA) is 57.0 Å². The minimum atomic E-state index is -0.530. The summed E-state index contributed by atoms with van der Waals surface area (Å²) in [5, 5.41) is 0.995. The van der Waals surface area contributed by atoms with Gasteiger partial charge in [-0.2, -0.15) is 4.98 Å².